The maximum absolute atomic E-state index is 5.73. The molecule has 2 saturated heterocycles. The molecule has 2 bridgehead atoms. The van der Waals surface area contributed by atoms with E-state index >= 15 is 0 Å². The van der Waals surface area contributed by atoms with E-state index in [-0.39, 0.29) is 11.4 Å². The van der Waals surface area contributed by atoms with Crippen LogP contribution in [-0.4, -0.2) is 29.5 Å². The van der Waals surface area contributed by atoms with Gasteiger partial charge in [-0.05, 0) is 13.8 Å². The third-order valence-corrected chi connectivity index (χ3v) is 3.46. The van der Waals surface area contributed by atoms with Crippen LogP contribution in [0.5, 0.6) is 0 Å². The molecule has 2 rings (SSSR count). The van der Waals surface area contributed by atoms with Gasteiger partial charge in [0.05, 0.1) is 6.61 Å². The lowest BCUT2D eigenvalue weighted by Crippen LogP contribution is -2.40. The number of thioether (sulfide) groups is 1. The van der Waals surface area contributed by atoms with Gasteiger partial charge in [-0.2, -0.15) is 11.8 Å². The molecule has 2 fully saturated rings. The van der Waals surface area contributed by atoms with Crippen molar-refractivity contribution in [2.75, 3.05) is 18.1 Å². The van der Waals surface area contributed by atoms with Crippen LogP contribution < -0.4 is 0 Å². The molecule has 0 N–H and O–H groups in total. The lowest BCUT2D eigenvalue weighted by atomic mass is 10.1. The van der Waals surface area contributed by atoms with Crippen molar-refractivity contribution in [1.82, 2.24) is 0 Å². The molecule has 0 aromatic rings. The van der Waals surface area contributed by atoms with E-state index in [1.54, 1.807) is 0 Å². The molecular weight excluding hydrogens is 148 g/mol. The van der Waals surface area contributed by atoms with Gasteiger partial charge in [0.25, 0.3) is 0 Å². The van der Waals surface area contributed by atoms with Gasteiger partial charge in [0.2, 0.25) is 0 Å². The zero-order valence-electron chi connectivity index (χ0n) is 6.35. The summed E-state index contributed by atoms with van der Waals surface area (Å²) in [4.78, 5) is 0. The fraction of sp³-hybridized carbons (Fsp3) is 1.00. The Morgan fingerprint density at radius 1 is 1.30 bits per heavy atom. The van der Waals surface area contributed by atoms with Crippen molar-refractivity contribution < 1.29 is 9.47 Å². The molecule has 0 aliphatic carbocycles. The molecule has 0 amide bonds. The second-order valence-corrected chi connectivity index (χ2v) is 4.45. The number of hydrogen-bond donors (Lipinski definition) is 0. The fourth-order valence-electron chi connectivity index (χ4n) is 1.48. The summed E-state index contributed by atoms with van der Waals surface area (Å²) in [6, 6.07) is 0. The average molecular weight is 160 g/mol. The minimum Gasteiger partial charge on any atom is -0.346 e. The van der Waals surface area contributed by atoms with Crippen LogP contribution in [0.15, 0.2) is 0 Å². The zero-order chi connectivity index (χ0) is 7.24. The number of rotatable bonds is 0. The second kappa shape index (κ2) is 1.90. The van der Waals surface area contributed by atoms with E-state index in [2.05, 4.69) is 6.92 Å². The summed E-state index contributed by atoms with van der Waals surface area (Å²) in [5.74, 6) is 1.77. The quantitative estimate of drug-likeness (QED) is 0.531. The predicted octanol–water partition coefficient (Wildman–Crippen LogP) is 1.25. The van der Waals surface area contributed by atoms with E-state index in [9.17, 15) is 0 Å². The van der Waals surface area contributed by atoms with E-state index in [0.29, 0.717) is 0 Å². The van der Waals surface area contributed by atoms with Crippen molar-refractivity contribution >= 4 is 11.8 Å². The van der Waals surface area contributed by atoms with Gasteiger partial charge in [-0.1, -0.05) is 0 Å². The third kappa shape index (κ3) is 0.966. The maximum Gasteiger partial charge on any atom is 0.175 e. The van der Waals surface area contributed by atoms with Crippen LogP contribution in [-0.2, 0) is 9.47 Å². The Morgan fingerprint density at radius 2 is 2.10 bits per heavy atom. The van der Waals surface area contributed by atoms with Crippen LogP contribution in [0.1, 0.15) is 13.8 Å². The van der Waals surface area contributed by atoms with E-state index in [1.807, 2.05) is 18.7 Å². The van der Waals surface area contributed by atoms with Crippen molar-refractivity contribution in [3.05, 3.63) is 0 Å². The normalized spacial score (nSPS) is 53.4. The van der Waals surface area contributed by atoms with Crippen molar-refractivity contribution in [3.8, 4) is 0 Å². The lowest BCUT2D eigenvalue weighted by Gasteiger charge is -2.32. The number of ether oxygens (including phenoxy) is 2. The fourth-order valence-corrected chi connectivity index (χ4v) is 2.67. The molecule has 2 aliphatic heterocycles. The van der Waals surface area contributed by atoms with Crippen molar-refractivity contribution in [2.24, 2.45) is 0 Å². The van der Waals surface area contributed by atoms with Crippen LogP contribution in [0.2, 0.25) is 0 Å². The maximum atomic E-state index is 5.73. The molecular formula is C7H12O2S. The van der Waals surface area contributed by atoms with Gasteiger partial charge in [-0.25, -0.2) is 0 Å². The van der Waals surface area contributed by atoms with E-state index in [1.165, 1.54) is 0 Å². The standard InChI is InChI=1S/C7H12O2S/c1-6-3-8-7(2,9-6)5-10-4-6/h3-5H2,1-2H3. The van der Waals surface area contributed by atoms with E-state index < -0.39 is 0 Å². The average Bonchev–Trinajstić information content (AvgIpc) is 2.03. The molecule has 0 aromatic carbocycles. The molecule has 2 atom stereocenters. The van der Waals surface area contributed by atoms with Gasteiger partial charge in [0, 0.05) is 11.5 Å². The van der Waals surface area contributed by atoms with Crippen molar-refractivity contribution in [1.29, 1.82) is 0 Å². The summed E-state index contributed by atoms with van der Waals surface area (Å²) >= 11 is 1.92. The van der Waals surface area contributed by atoms with Crippen LogP contribution in [0.25, 0.3) is 0 Å². The molecule has 2 unspecified atom stereocenters. The van der Waals surface area contributed by atoms with Crippen molar-refractivity contribution in [3.63, 3.8) is 0 Å². The molecule has 0 radical (unpaired) electrons. The van der Waals surface area contributed by atoms with Crippen LogP contribution in [0.3, 0.4) is 0 Å². The van der Waals surface area contributed by atoms with Crippen LogP contribution in [0.4, 0.5) is 0 Å². The highest BCUT2D eigenvalue weighted by molar-refractivity contribution is 7.99. The Bertz CT molecular complexity index is 146. The first kappa shape index (κ1) is 6.95. The first-order chi connectivity index (χ1) is 4.62. The molecule has 10 heavy (non-hydrogen) atoms. The topological polar surface area (TPSA) is 18.5 Å². The Balaban J connectivity index is 2.20. The summed E-state index contributed by atoms with van der Waals surface area (Å²) < 4.78 is 11.3. The lowest BCUT2D eigenvalue weighted by molar-refractivity contribution is -0.152. The Hall–Kier alpha value is 0.270. The minimum absolute atomic E-state index is 0.00231. The van der Waals surface area contributed by atoms with Gasteiger partial charge in [0.15, 0.2) is 5.79 Å². The third-order valence-electron chi connectivity index (χ3n) is 1.92. The molecule has 2 aliphatic rings. The SMILES string of the molecule is CC12COC(C)(CSC1)O2. The zero-order valence-corrected chi connectivity index (χ0v) is 7.16. The van der Waals surface area contributed by atoms with Crippen LogP contribution >= 0.6 is 11.8 Å². The van der Waals surface area contributed by atoms with Gasteiger partial charge >= 0.3 is 0 Å². The molecule has 2 heterocycles. The summed E-state index contributed by atoms with van der Waals surface area (Å²) in [7, 11) is 0. The summed E-state index contributed by atoms with van der Waals surface area (Å²) in [6.07, 6.45) is 0. The Kier molecular flexibility index (Phi) is 1.32. The smallest absolute Gasteiger partial charge is 0.175 e. The van der Waals surface area contributed by atoms with Gasteiger partial charge in [-0.15, -0.1) is 0 Å². The van der Waals surface area contributed by atoms with Crippen molar-refractivity contribution in [2.45, 2.75) is 25.2 Å². The van der Waals surface area contributed by atoms with E-state index in [0.717, 1.165) is 18.1 Å². The molecule has 3 heteroatoms. The molecule has 0 saturated carbocycles. The minimum atomic E-state index is -0.280. The largest absolute Gasteiger partial charge is 0.346 e. The van der Waals surface area contributed by atoms with Crippen LogP contribution in [0, 0.1) is 0 Å². The summed E-state index contributed by atoms with van der Waals surface area (Å²) in [5, 5.41) is 0. The predicted molar refractivity (Wildman–Crippen MR) is 41.2 cm³/mol. The first-order valence-corrected chi connectivity index (χ1v) is 4.69. The molecule has 0 spiro atoms. The highest BCUT2D eigenvalue weighted by Crippen LogP contribution is 2.40. The highest BCUT2D eigenvalue weighted by Gasteiger charge is 2.48. The second-order valence-electron chi connectivity index (χ2n) is 3.47. The van der Waals surface area contributed by atoms with Gasteiger partial charge in [-0.3, -0.25) is 0 Å². The Labute approximate surface area is 65.3 Å². The molecule has 0 aromatic heterocycles. The first-order valence-electron chi connectivity index (χ1n) is 3.54. The summed E-state index contributed by atoms with van der Waals surface area (Å²) in [6.45, 7) is 4.89. The molecule has 58 valence electrons. The van der Waals surface area contributed by atoms with Gasteiger partial charge in [0.1, 0.15) is 5.60 Å². The number of hydrogen-bond acceptors (Lipinski definition) is 3. The molecule has 2 nitrogen and oxygen atoms in total. The number of fused-ring (bicyclic) bond motifs is 2. The van der Waals surface area contributed by atoms with E-state index in [4.69, 9.17) is 9.47 Å². The van der Waals surface area contributed by atoms with Gasteiger partial charge < -0.3 is 9.47 Å². The Morgan fingerprint density at radius 3 is 2.70 bits per heavy atom. The summed E-state index contributed by atoms with van der Waals surface area (Å²) in [5.41, 5.74) is -0.00231. The monoisotopic (exact) mass is 160 g/mol. The highest BCUT2D eigenvalue weighted by atomic mass is 32.2.